The van der Waals surface area contributed by atoms with E-state index in [0.717, 1.165) is 20.0 Å². The van der Waals surface area contributed by atoms with E-state index in [1.54, 1.807) is 13.0 Å². The SMILES string of the molecule is CCOC(=O)C1=C(COC(C)=O)NC(CF)=C(C(=O)OC)C1c1cccc(F)c1C1CC1. The molecule has 32 heavy (non-hydrogen) atoms. The molecular weight excluding hydrogens is 424 g/mol. The van der Waals surface area contributed by atoms with Gasteiger partial charge < -0.3 is 19.5 Å². The third-order valence-corrected chi connectivity index (χ3v) is 5.37. The van der Waals surface area contributed by atoms with Crippen molar-refractivity contribution >= 4 is 17.9 Å². The second-order valence-electron chi connectivity index (χ2n) is 7.49. The number of carbonyl (C=O) groups excluding carboxylic acids is 3. The topological polar surface area (TPSA) is 90.9 Å². The van der Waals surface area contributed by atoms with E-state index in [1.165, 1.54) is 19.1 Å². The molecule has 0 amide bonds. The second kappa shape index (κ2) is 9.93. The highest BCUT2D eigenvalue weighted by Crippen LogP contribution is 2.48. The Balaban J connectivity index is 2.30. The fraction of sp³-hybridized carbons (Fsp3) is 0.435. The number of carbonyl (C=O) groups is 3. The summed E-state index contributed by atoms with van der Waals surface area (Å²) in [5, 5.41) is 2.70. The van der Waals surface area contributed by atoms with Crippen molar-refractivity contribution in [1.82, 2.24) is 5.32 Å². The summed E-state index contributed by atoms with van der Waals surface area (Å²) in [6, 6.07) is 4.38. The smallest absolute Gasteiger partial charge is 0.336 e. The molecule has 1 heterocycles. The van der Waals surface area contributed by atoms with Crippen LogP contribution in [0.5, 0.6) is 0 Å². The van der Waals surface area contributed by atoms with Gasteiger partial charge in [0.2, 0.25) is 0 Å². The Hall–Kier alpha value is -3.23. The normalized spacial score (nSPS) is 18.2. The number of hydrogen-bond donors (Lipinski definition) is 1. The molecule has 1 aliphatic carbocycles. The Morgan fingerprint density at radius 1 is 1.09 bits per heavy atom. The van der Waals surface area contributed by atoms with Gasteiger partial charge in [0.1, 0.15) is 19.1 Å². The van der Waals surface area contributed by atoms with Crippen LogP contribution >= 0.6 is 0 Å². The van der Waals surface area contributed by atoms with E-state index in [-0.39, 0.29) is 41.7 Å². The number of benzene rings is 1. The Kier molecular flexibility index (Phi) is 7.27. The van der Waals surface area contributed by atoms with E-state index in [9.17, 15) is 23.2 Å². The average Bonchev–Trinajstić information content (AvgIpc) is 3.60. The van der Waals surface area contributed by atoms with Crippen molar-refractivity contribution in [3.63, 3.8) is 0 Å². The summed E-state index contributed by atoms with van der Waals surface area (Å²) >= 11 is 0. The average molecular weight is 449 g/mol. The number of halogens is 2. The third-order valence-electron chi connectivity index (χ3n) is 5.37. The Morgan fingerprint density at radius 2 is 1.78 bits per heavy atom. The standard InChI is InChI=1S/C23H25F2NO6/c1-4-31-23(29)21-17(11-32-12(2)27)26-16(10-24)20(22(28)30-3)19(21)14-6-5-7-15(25)18(14)13-8-9-13/h5-7,13,19,26H,4,8-11H2,1-3H3. The number of allylic oxidation sites excluding steroid dienone is 1. The van der Waals surface area contributed by atoms with Crippen molar-refractivity contribution < 1.29 is 37.4 Å². The van der Waals surface area contributed by atoms with Crippen LogP contribution in [0.3, 0.4) is 0 Å². The summed E-state index contributed by atoms with van der Waals surface area (Å²) in [7, 11) is 1.14. The van der Waals surface area contributed by atoms with Crippen LogP contribution in [0.4, 0.5) is 8.78 Å². The van der Waals surface area contributed by atoms with Gasteiger partial charge in [0.05, 0.1) is 42.2 Å². The van der Waals surface area contributed by atoms with E-state index < -0.39 is 36.3 Å². The predicted octanol–water partition coefficient (Wildman–Crippen LogP) is 3.17. The van der Waals surface area contributed by atoms with Gasteiger partial charge in [-0.25, -0.2) is 18.4 Å². The van der Waals surface area contributed by atoms with E-state index in [0.29, 0.717) is 11.1 Å². The molecule has 1 aromatic carbocycles. The summed E-state index contributed by atoms with van der Waals surface area (Å²) < 4.78 is 44.1. The first-order chi connectivity index (χ1) is 15.3. The zero-order chi connectivity index (χ0) is 23.4. The molecule has 1 aliphatic heterocycles. The highest BCUT2D eigenvalue weighted by atomic mass is 19.1. The van der Waals surface area contributed by atoms with Gasteiger partial charge in [0.15, 0.2) is 0 Å². The molecule has 0 bridgehead atoms. The van der Waals surface area contributed by atoms with Gasteiger partial charge in [-0.2, -0.15) is 0 Å². The van der Waals surface area contributed by atoms with Crippen LogP contribution in [0.15, 0.2) is 40.7 Å². The molecule has 0 spiro atoms. The minimum absolute atomic E-state index is 0.0295. The van der Waals surface area contributed by atoms with Crippen molar-refractivity contribution in [1.29, 1.82) is 0 Å². The first kappa shape index (κ1) is 23.4. The number of hydrogen-bond acceptors (Lipinski definition) is 7. The molecule has 0 saturated heterocycles. The number of dihydropyridines is 1. The number of alkyl halides is 1. The Bertz CT molecular complexity index is 996. The van der Waals surface area contributed by atoms with Crippen LogP contribution in [0.1, 0.15) is 49.7 Å². The molecular formula is C23H25F2NO6. The molecule has 1 saturated carbocycles. The van der Waals surface area contributed by atoms with Crippen molar-refractivity contribution in [2.75, 3.05) is 27.0 Å². The van der Waals surface area contributed by atoms with Crippen LogP contribution in [0, 0.1) is 5.82 Å². The molecule has 1 atom stereocenters. The van der Waals surface area contributed by atoms with Gasteiger partial charge in [-0.15, -0.1) is 0 Å². The maximum Gasteiger partial charge on any atom is 0.336 e. The lowest BCUT2D eigenvalue weighted by atomic mass is 9.77. The quantitative estimate of drug-likeness (QED) is 0.482. The van der Waals surface area contributed by atoms with Gasteiger partial charge in [0, 0.05) is 6.92 Å². The molecule has 1 aromatic rings. The van der Waals surface area contributed by atoms with Gasteiger partial charge in [0.25, 0.3) is 0 Å². The van der Waals surface area contributed by atoms with Crippen molar-refractivity contribution in [3.8, 4) is 0 Å². The fourth-order valence-corrected chi connectivity index (χ4v) is 3.92. The molecule has 172 valence electrons. The number of rotatable bonds is 8. The van der Waals surface area contributed by atoms with E-state index in [4.69, 9.17) is 14.2 Å². The molecule has 1 unspecified atom stereocenters. The third kappa shape index (κ3) is 4.66. The zero-order valence-electron chi connectivity index (χ0n) is 18.1. The van der Waals surface area contributed by atoms with Crippen LogP contribution in [0.2, 0.25) is 0 Å². The highest BCUT2D eigenvalue weighted by Gasteiger charge is 2.43. The van der Waals surface area contributed by atoms with E-state index >= 15 is 0 Å². The monoisotopic (exact) mass is 449 g/mol. The van der Waals surface area contributed by atoms with Crippen LogP contribution in [-0.2, 0) is 28.6 Å². The lowest BCUT2D eigenvalue weighted by Crippen LogP contribution is -2.36. The predicted molar refractivity (Wildman–Crippen MR) is 110 cm³/mol. The summed E-state index contributed by atoms with van der Waals surface area (Å²) in [6.45, 7) is 1.36. The van der Waals surface area contributed by atoms with Crippen molar-refractivity contribution in [2.24, 2.45) is 0 Å². The van der Waals surface area contributed by atoms with Gasteiger partial charge in [-0.1, -0.05) is 12.1 Å². The number of ether oxygens (including phenoxy) is 3. The first-order valence-electron chi connectivity index (χ1n) is 10.3. The van der Waals surface area contributed by atoms with Gasteiger partial charge in [-0.05, 0) is 42.9 Å². The molecule has 3 rings (SSSR count). The maximum atomic E-state index is 14.9. The summed E-state index contributed by atoms with van der Waals surface area (Å²) in [6.07, 6.45) is 1.51. The van der Waals surface area contributed by atoms with Gasteiger partial charge >= 0.3 is 17.9 Å². The van der Waals surface area contributed by atoms with Crippen molar-refractivity contribution in [2.45, 2.75) is 38.5 Å². The minimum Gasteiger partial charge on any atom is -0.466 e. The largest absolute Gasteiger partial charge is 0.466 e. The van der Waals surface area contributed by atoms with Crippen LogP contribution < -0.4 is 5.32 Å². The van der Waals surface area contributed by atoms with Crippen LogP contribution in [-0.4, -0.2) is 44.9 Å². The zero-order valence-corrected chi connectivity index (χ0v) is 18.1. The molecule has 7 nitrogen and oxygen atoms in total. The Labute approximate surface area is 184 Å². The maximum absolute atomic E-state index is 14.9. The molecule has 9 heteroatoms. The molecule has 0 radical (unpaired) electrons. The summed E-state index contributed by atoms with van der Waals surface area (Å²) in [5.41, 5.74) is 0.421. The molecule has 1 N–H and O–H groups in total. The number of nitrogens with one attached hydrogen (secondary N) is 1. The molecule has 1 fully saturated rings. The lowest BCUT2D eigenvalue weighted by molar-refractivity contribution is -0.142. The fourth-order valence-electron chi connectivity index (χ4n) is 3.92. The lowest BCUT2D eigenvalue weighted by Gasteiger charge is -2.32. The minimum atomic E-state index is -1.16. The van der Waals surface area contributed by atoms with E-state index in [1.807, 2.05) is 0 Å². The number of methoxy groups -OCH3 is 1. The van der Waals surface area contributed by atoms with Crippen molar-refractivity contribution in [3.05, 3.63) is 57.7 Å². The van der Waals surface area contributed by atoms with Crippen LogP contribution in [0.25, 0.3) is 0 Å². The Morgan fingerprint density at radius 3 is 2.34 bits per heavy atom. The summed E-state index contributed by atoms with van der Waals surface area (Å²) in [4.78, 5) is 37.2. The van der Waals surface area contributed by atoms with Gasteiger partial charge in [-0.3, -0.25) is 4.79 Å². The molecule has 2 aliphatic rings. The summed E-state index contributed by atoms with van der Waals surface area (Å²) in [5.74, 6) is -3.99. The highest BCUT2D eigenvalue weighted by molar-refractivity contribution is 6.00. The molecule has 0 aromatic heterocycles. The second-order valence-corrected chi connectivity index (χ2v) is 7.49. The first-order valence-corrected chi connectivity index (χ1v) is 10.3. The van der Waals surface area contributed by atoms with E-state index in [2.05, 4.69) is 5.32 Å². The number of esters is 3.